The highest BCUT2D eigenvalue weighted by molar-refractivity contribution is 6.30. The van der Waals surface area contributed by atoms with Crippen LogP contribution in [0.3, 0.4) is 0 Å². The summed E-state index contributed by atoms with van der Waals surface area (Å²) in [5.41, 5.74) is 5.15. The smallest absolute Gasteiger partial charge is 0.255 e. The summed E-state index contributed by atoms with van der Waals surface area (Å²) in [4.78, 5) is 22.7. The molecule has 1 N–H and O–H groups in total. The van der Waals surface area contributed by atoms with Gasteiger partial charge in [-0.3, -0.25) is 9.69 Å². The lowest BCUT2D eigenvalue weighted by Gasteiger charge is -2.27. The summed E-state index contributed by atoms with van der Waals surface area (Å²) in [6, 6.07) is 13.5. The largest absolute Gasteiger partial charge is 0.306 e. The number of benzene rings is 2. The predicted molar refractivity (Wildman–Crippen MR) is 121 cm³/mol. The first-order valence-electron chi connectivity index (χ1n) is 10.4. The number of nitrogens with zero attached hydrogens (tertiary/aromatic N) is 4. The van der Waals surface area contributed by atoms with Gasteiger partial charge in [-0.2, -0.15) is 5.10 Å². The molecule has 162 valence electrons. The number of fused-ring (bicyclic) bond motifs is 1. The van der Waals surface area contributed by atoms with Crippen molar-refractivity contribution in [2.45, 2.75) is 26.4 Å². The molecule has 0 aliphatic carbocycles. The standard InChI is InChI=1S/C24H21ClFN5O/c1-15-17(12-27-31(15)20-8-6-19(26)7-9-20)13-30-11-10-22-21(14-30)24(32)29-23(28-22)16-2-4-18(25)5-3-16/h2-9,12H,10-11,13-14H2,1H3,(H,28,29,32). The Balaban J connectivity index is 1.35. The summed E-state index contributed by atoms with van der Waals surface area (Å²) >= 11 is 5.96. The van der Waals surface area contributed by atoms with E-state index in [0.29, 0.717) is 35.9 Å². The first kappa shape index (κ1) is 20.6. The van der Waals surface area contributed by atoms with Crippen molar-refractivity contribution in [1.82, 2.24) is 24.6 Å². The molecule has 32 heavy (non-hydrogen) atoms. The van der Waals surface area contributed by atoms with E-state index in [0.717, 1.165) is 34.7 Å². The van der Waals surface area contributed by atoms with E-state index >= 15 is 0 Å². The second-order valence-electron chi connectivity index (χ2n) is 7.95. The molecule has 6 nitrogen and oxygen atoms in total. The maximum Gasteiger partial charge on any atom is 0.255 e. The van der Waals surface area contributed by atoms with Gasteiger partial charge in [-0.25, -0.2) is 14.1 Å². The third-order valence-electron chi connectivity index (χ3n) is 5.84. The Labute approximate surface area is 189 Å². The summed E-state index contributed by atoms with van der Waals surface area (Å²) < 4.78 is 15.0. The average molecular weight is 450 g/mol. The topological polar surface area (TPSA) is 66.8 Å². The van der Waals surface area contributed by atoms with Crippen molar-refractivity contribution in [3.05, 3.63) is 98.4 Å². The maximum atomic E-state index is 13.2. The minimum Gasteiger partial charge on any atom is -0.306 e. The average Bonchev–Trinajstić information content (AvgIpc) is 3.15. The summed E-state index contributed by atoms with van der Waals surface area (Å²) in [6.07, 6.45) is 2.53. The van der Waals surface area contributed by atoms with Crippen LogP contribution in [-0.4, -0.2) is 31.2 Å². The molecule has 0 atom stereocenters. The molecule has 4 aromatic rings. The lowest BCUT2D eigenvalue weighted by molar-refractivity contribution is 0.241. The first-order chi connectivity index (χ1) is 15.5. The van der Waals surface area contributed by atoms with Gasteiger partial charge in [-0.05, 0) is 55.5 Å². The minimum absolute atomic E-state index is 0.108. The van der Waals surface area contributed by atoms with E-state index in [1.165, 1.54) is 12.1 Å². The summed E-state index contributed by atoms with van der Waals surface area (Å²) in [5, 5.41) is 5.11. The summed E-state index contributed by atoms with van der Waals surface area (Å²) in [6.45, 7) is 3.99. The van der Waals surface area contributed by atoms with E-state index in [2.05, 4.69) is 15.0 Å². The van der Waals surface area contributed by atoms with Gasteiger partial charge in [0.15, 0.2) is 0 Å². The molecule has 0 bridgehead atoms. The lowest BCUT2D eigenvalue weighted by atomic mass is 10.1. The number of aromatic nitrogens is 4. The van der Waals surface area contributed by atoms with Crippen LogP contribution >= 0.6 is 11.6 Å². The number of hydrogen-bond donors (Lipinski definition) is 1. The Hall–Kier alpha value is -3.29. The summed E-state index contributed by atoms with van der Waals surface area (Å²) in [7, 11) is 0. The highest BCUT2D eigenvalue weighted by atomic mass is 35.5. The molecule has 5 rings (SSSR count). The van der Waals surface area contributed by atoms with E-state index in [-0.39, 0.29) is 11.4 Å². The predicted octanol–water partition coefficient (Wildman–Crippen LogP) is 4.28. The van der Waals surface area contributed by atoms with Crippen LogP contribution in [0.25, 0.3) is 17.1 Å². The third-order valence-corrected chi connectivity index (χ3v) is 6.09. The van der Waals surface area contributed by atoms with Crippen LogP contribution in [0, 0.1) is 12.7 Å². The van der Waals surface area contributed by atoms with E-state index < -0.39 is 0 Å². The Morgan fingerprint density at radius 3 is 2.62 bits per heavy atom. The van der Waals surface area contributed by atoms with Gasteiger partial charge in [0.2, 0.25) is 0 Å². The van der Waals surface area contributed by atoms with Crippen molar-refractivity contribution in [3.8, 4) is 17.1 Å². The van der Waals surface area contributed by atoms with Gasteiger partial charge in [0.05, 0.1) is 23.1 Å². The van der Waals surface area contributed by atoms with Gasteiger partial charge in [0.25, 0.3) is 5.56 Å². The van der Waals surface area contributed by atoms with Crippen molar-refractivity contribution < 1.29 is 4.39 Å². The quantitative estimate of drug-likeness (QED) is 0.505. The van der Waals surface area contributed by atoms with Crippen LogP contribution in [-0.2, 0) is 19.5 Å². The maximum absolute atomic E-state index is 13.2. The molecule has 8 heteroatoms. The second kappa shape index (κ2) is 8.33. The molecule has 2 aromatic heterocycles. The van der Waals surface area contributed by atoms with Crippen molar-refractivity contribution in [3.63, 3.8) is 0 Å². The number of rotatable bonds is 4. The number of hydrogen-bond acceptors (Lipinski definition) is 4. The number of nitrogens with one attached hydrogen (secondary N) is 1. The van der Waals surface area contributed by atoms with Crippen LogP contribution in [0.15, 0.2) is 59.5 Å². The van der Waals surface area contributed by atoms with E-state index in [1.807, 2.05) is 25.3 Å². The molecule has 0 amide bonds. The molecular formula is C24H21ClFN5O. The lowest BCUT2D eigenvalue weighted by Crippen LogP contribution is -2.35. The Kier molecular flexibility index (Phi) is 5.36. The number of halogens is 2. The normalized spacial score (nSPS) is 13.8. The van der Waals surface area contributed by atoms with Crippen LogP contribution in [0.1, 0.15) is 22.5 Å². The van der Waals surface area contributed by atoms with E-state index in [9.17, 15) is 9.18 Å². The van der Waals surface area contributed by atoms with Crippen molar-refractivity contribution in [2.24, 2.45) is 0 Å². The van der Waals surface area contributed by atoms with E-state index in [1.54, 1.807) is 28.9 Å². The fourth-order valence-electron chi connectivity index (χ4n) is 4.04. The van der Waals surface area contributed by atoms with Crippen LogP contribution in [0.5, 0.6) is 0 Å². The second-order valence-corrected chi connectivity index (χ2v) is 8.39. The molecule has 0 radical (unpaired) electrons. The third kappa shape index (κ3) is 3.97. The monoisotopic (exact) mass is 449 g/mol. The molecule has 0 unspecified atom stereocenters. The minimum atomic E-state index is -0.274. The zero-order valence-electron chi connectivity index (χ0n) is 17.5. The Bertz CT molecular complexity index is 1330. The fraction of sp³-hybridized carbons (Fsp3) is 0.208. The van der Waals surface area contributed by atoms with Gasteiger partial charge in [-0.15, -0.1) is 0 Å². The van der Waals surface area contributed by atoms with Crippen LogP contribution in [0.4, 0.5) is 4.39 Å². The van der Waals surface area contributed by atoms with Gasteiger partial charge >= 0.3 is 0 Å². The van der Waals surface area contributed by atoms with Crippen molar-refractivity contribution in [1.29, 1.82) is 0 Å². The molecule has 0 saturated carbocycles. The molecule has 0 fully saturated rings. The van der Waals surface area contributed by atoms with Gasteiger partial charge < -0.3 is 4.98 Å². The molecule has 1 aliphatic rings. The molecule has 2 aromatic carbocycles. The first-order valence-corrected chi connectivity index (χ1v) is 10.8. The van der Waals surface area contributed by atoms with Crippen LogP contribution < -0.4 is 5.56 Å². The SMILES string of the molecule is Cc1c(CN2CCc3nc(-c4ccc(Cl)cc4)[nH]c(=O)c3C2)cnn1-c1ccc(F)cc1. The zero-order valence-corrected chi connectivity index (χ0v) is 18.2. The van der Waals surface area contributed by atoms with Crippen molar-refractivity contribution in [2.75, 3.05) is 6.54 Å². The summed E-state index contributed by atoms with van der Waals surface area (Å²) in [5.74, 6) is 0.291. The molecule has 0 spiro atoms. The number of H-pyrrole nitrogens is 1. The molecule has 1 aliphatic heterocycles. The zero-order chi connectivity index (χ0) is 22.2. The van der Waals surface area contributed by atoms with Gasteiger partial charge in [0, 0.05) is 47.9 Å². The molecular weight excluding hydrogens is 429 g/mol. The number of aromatic amines is 1. The molecule has 3 heterocycles. The van der Waals surface area contributed by atoms with Crippen LogP contribution in [0.2, 0.25) is 5.02 Å². The van der Waals surface area contributed by atoms with Crippen molar-refractivity contribution >= 4 is 11.6 Å². The van der Waals surface area contributed by atoms with Gasteiger partial charge in [-0.1, -0.05) is 11.6 Å². The fourth-order valence-corrected chi connectivity index (χ4v) is 4.17. The highest BCUT2D eigenvalue weighted by Crippen LogP contribution is 2.23. The molecule has 0 saturated heterocycles. The highest BCUT2D eigenvalue weighted by Gasteiger charge is 2.23. The van der Waals surface area contributed by atoms with E-state index in [4.69, 9.17) is 16.6 Å². The Morgan fingerprint density at radius 2 is 1.88 bits per heavy atom. The Morgan fingerprint density at radius 1 is 1.12 bits per heavy atom. The van der Waals surface area contributed by atoms with Gasteiger partial charge in [0.1, 0.15) is 11.6 Å².